The minimum absolute atomic E-state index is 0.101. The van der Waals surface area contributed by atoms with Crippen molar-refractivity contribution >= 4 is 17.3 Å². The number of hydrogen-bond donors (Lipinski definition) is 1. The smallest absolute Gasteiger partial charge is 0.170 e. The highest BCUT2D eigenvalue weighted by Crippen LogP contribution is 2.42. The summed E-state index contributed by atoms with van der Waals surface area (Å²) in [6.45, 7) is 4.64. The topological polar surface area (TPSA) is 46.2 Å². The molecular formula is C25H23FN4OS. The molecule has 5 nitrogen and oxygen atoms in total. The minimum Gasteiger partial charge on any atom is -0.467 e. The van der Waals surface area contributed by atoms with E-state index in [9.17, 15) is 4.39 Å². The lowest BCUT2D eigenvalue weighted by atomic mass is 9.96. The molecule has 0 spiro atoms. The van der Waals surface area contributed by atoms with Gasteiger partial charge in [0, 0.05) is 23.3 Å². The van der Waals surface area contributed by atoms with Crippen LogP contribution in [0, 0.1) is 19.7 Å². The van der Waals surface area contributed by atoms with Crippen molar-refractivity contribution in [2.24, 2.45) is 0 Å². The van der Waals surface area contributed by atoms with Crippen LogP contribution in [0.5, 0.6) is 0 Å². The Morgan fingerprint density at radius 2 is 1.97 bits per heavy atom. The molecule has 1 aromatic carbocycles. The summed E-state index contributed by atoms with van der Waals surface area (Å²) in [4.78, 5) is 6.75. The van der Waals surface area contributed by atoms with Crippen LogP contribution in [0.4, 0.5) is 4.39 Å². The third kappa shape index (κ3) is 3.58. The van der Waals surface area contributed by atoms with Crippen molar-refractivity contribution in [3.63, 3.8) is 0 Å². The molecule has 0 saturated carbocycles. The standard InChI is InChI=1S/C25H23FN4OS/c1-16-13-21(17(2)30(16)19-8-5-7-18(26)14-19)24-23(22-10-3-4-11-27-22)28-25(32)29(24)15-20-9-6-12-31-20/h3-14,23-24H,15H2,1-2H3,(H,28,32)/t23-,24+/m1/s1. The molecule has 4 aromatic rings. The Hall–Kier alpha value is -3.45. The van der Waals surface area contributed by atoms with Crippen molar-refractivity contribution in [2.45, 2.75) is 32.5 Å². The first-order chi connectivity index (χ1) is 15.5. The number of halogens is 1. The molecule has 1 N–H and O–H groups in total. The van der Waals surface area contributed by atoms with Crippen molar-refractivity contribution in [3.8, 4) is 5.69 Å². The predicted molar refractivity (Wildman–Crippen MR) is 125 cm³/mol. The van der Waals surface area contributed by atoms with E-state index >= 15 is 0 Å². The molecule has 1 fully saturated rings. The van der Waals surface area contributed by atoms with Crippen molar-refractivity contribution in [1.82, 2.24) is 19.8 Å². The summed E-state index contributed by atoms with van der Waals surface area (Å²) in [6, 6.07) is 18.3. The van der Waals surface area contributed by atoms with Crippen LogP contribution in [-0.2, 0) is 6.54 Å². The van der Waals surface area contributed by atoms with Gasteiger partial charge in [0.05, 0.1) is 30.6 Å². The van der Waals surface area contributed by atoms with E-state index in [1.54, 1.807) is 24.6 Å². The summed E-state index contributed by atoms with van der Waals surface area (Å²) >= 11 is 5.75. The van der Waals surface area contributed by atoms with Crippen LogP contribution < -0.4 is 5.32 Å². The van der Waals surface area contributed by atoms with E-state index in [0.717, 1.165) is 34.1 Å². The number of aryl methyl sites for hydroxylation is 1. The molecular weight excluding hydrogens is 423 g/mol. The fourth-order valence-corrected chi connectivity index (χ4v) is 4.89. The largest absolute Gasteiger partial charge is 0.467 e. The molecule has 0 amide bonds. The number of nitrogens with one attached hydrogen (secondary N) is 1. The third-order valence-electron chi connectivity index (χ3n) is 5.96. The molecule has 3 aromatic heterocycles. The van der Waals surface area contributed by atoms with Crippen molar-refractivity contribution < 1.29 is 8.81 Å². The van der Waals surface area contributed by atoms with Crippen molar-refractivity contribution in [2.75, 3.05) is 0 Å². The molecule has 1 aliphatic rings. The molecule has 7 heteroatoms. The van der Waals surface area contributed by atoms with Crippen LogP contribution in [-0.4, -0.2) is 19.6 Å². The summed E-state index contributed by atoms with van der Waals surface area (Å²) in [6.07, 6.45) is 3.46. The molecule has 5 rings (SSSR count). The average molecular weight is 447 g/mol. The highest BCUT2D eigenvalue weighted by atomic mass is 32.1. The van der Waals surface area contributed by atoms with Gasteiger partial charge in [0.25, 0.3) is 0 Å². The number of benzene rings is 1. The van der Waals surface area contributed by atoms with Crippen LogP contribution in [0.25, 0.3) is 5.69 Å². The number of thiocarbonyl (C=S) groups is 1. The van der Waals surface area contributed by atoms with Gasteiger partial charge in [-0.15, -0.1) is 0 Å². The number of rotatable bonds is 5. The van der Waals surface area contributed by atoms with Gasteiger partial charge in [-0.25, -0.2) is 4.39 Å². The molecule has 0 aliphatic carbocycles. The van der Waals surface area contributed by atoms with E-state index in [0.29, 0.717) is 11.7 Å². The number of furan rings is 1. The van der Waals surface area contributed by atoms with E-state index in [4.69, 9.17) is 16.6 Å². The van der Waals surface area contributed by atoms with Crippen molar-refractivity contribution in [1.29, 1.82) is 0 Å². The van der Waals surface area contributed by atoms with E-state index < -0.39 is 0 Å². The second-order valence-corrected chi connectivity index (χ2v) is 8.36. The van der Waals surface area contributed by atoms with Gasteiger partial charge in [-0.05, 0) is 80.2 Å². The van der Waals surface area contributed by atoms with Gasteiger partial charge in [0.15, 0.2) is 5.11 Å². The Labute approximate surface area is 191 Å². The number of hydrogen-bond acceptors (Lipinski definition) is 3. The molecule has 0 unspecified atom stereocenters. The van der Waals surface area contributed by atoms with E-state index in [1.807, 2.05) is 43.3 Å². The quantitative estimate of drug-likeness (QED) is 0.416. The van der Waals surface area contributed by atoms with E-state index in [1.165, 1.54) is 6.07 Å². The highest BCUT2D eigenvalue weighted by Gasteiger charge is 2.41. The summed E-state index contributed by atoms with van der Waals surface area (Å²) in [7, 11) is 0. The first-order valence-corrected chi connectivity index (χ1v) is 10.9. The zero-order valence-corrected chi connectivity index (χ0v) is 18.6. The summed E-state index contributed by atoms with van der Waals surface area (Å²) in [5.74, 6) is 0.575. The monoisotopic (exact) mass is 446 g/mol. The normalized spacial score (nSPS) is 18.2. The van der Waals surface area contributed by atoms with Gasteiger partial charge in [-0.1, -0.05) is 12.1 Å². The lowest BCUT2D eigenvalue weighted by molar-refractivity contribution is 0.286. The van der Waals surface area contributed by atoms with Crippen LogP contribution in [0.15, 0.2) is 77.5 Å². The Bertz CT molecular complexity index is 1250. The lowest BCUT2D eigenvalue weighted by Crippen LogP contribution is -2.29. The summed E-state index contributed by atoms with van der Waals surface area (Å²) < 4.78 is 21.7. The van der Waals surface area contributed by atoms with Crippen LogP contribution >= 0.6 is 12.2 Å². The Kier molecular flexibility index (Phi) is 5.27. The number of nitrogens with zero attached hydrogens (tertiary/aromatic N) is 3. The molecule has 2 atom stereocenters. The molecule has 0 bridgehead atoms. The maximum Gasteiger partial charge on any atom is 0.170 e. The first kappa shape index (κ1) is 20.5. The minimum atomic E-state index is -0.258. The van der Waals surface area contributed by atoms with Crippen LogP contribution in [0.3, 0.4) is 0 Å². The van der Waals surface area contributed by atoms with Gasteiger partial charge in [-0.2, -0.15) is 0 Å². The zero-order chi connectivity index (χ0) is 22.2. The molecule has 1 saturated heterocycles. The fraction of sp³-hybridized carbons (Fsp3) is 0.200. The Morgan fingerprint density at radius 1 is 1.09 bits per heavy atom. The predicted octanol–water partition coefficient (Wildman–Crippen LogP) is 5.39. The molecule has 1 aliphatic heterocycles. The van der Waals surface area contributed by atoms with Crippen LogP contribution in [0.1, 0.15) is 40.5 Å². The number of pyridine rings is 1. The SMILES string of the molecule is Cc1cc([C@H]2[C@@H](c3ccccn3)NC(=S)N2Cc2ccco2)c(C)n1-c1cccc(F)c1. The van der Waals surface area contributed by atoms with Crippen LogP contribution in [0.2, 0.25) is 0 Å². The second-order valence-electron chi connectivity index (χ2n) is 7.98. The van der Waals surface area contributed by atoms with Crippen molar-refractivity contribution in [3.05, 3.63) is 107 Å². The van der Waals surface area contributed by atoms with E-state index in [2.05, 4.69) is 32.8 Å². The Balaban J connectivity index is 1.63. The van der Waals surface area contributed by atoms with Gasteiger partial charge in [0.2, 0.25) is 0 Å². The lowest BCUT2D eigenvalue weighted by Gasteiger charge is -2.27. The summed E-state index contributed by atoms with van der Waals surface area (Å²) in [5, 5.41) is 4.12. The van der Waals surface area contributed by atoms with Gasteiger partial charge < -0.3 is 19.2 Å². The second kappa shape index (κ2) is 8.24. The fourth-order valence-electron chi connectivity index (χ4n) is 4.58. The maximum atomic E-state index is 14.0. The van der Waals surface area contributed by atoms with Gasteiger partial charge in [0.1, 0.15) is 11.6 Å². The van der Waals surface area contributed by atoms with Gasteiger partial charge in [-0.3, -0.25) is 4.98 Å². The molecule has 4 heterocycles. The number of aromatic nitrogens is 2. The Morgan fingerprint density at radius 3 is 2.69 bits per heavy atom. The molecule has 162 valence electrons. The van der Waals surface area contributed by atoms with E-state index in [-0.39, 0.29) is 17.9 Å². The average Bonchev–Trinajstić information content (AvgIpc) is 3.48. The third-order valence-corrected chi connectivity index (χ3v) is 6.31. The zero-order valence-electron chi connectivity index (χ0n) is 17.8. The van der Waals surface area contributed by atoms with Gasteiger partial charge >= 0.3 is 0 Å². The first-order valence-electron chi connectivity index (χ1n) is 10.5. The maximum absolute atomic E-state index is 14.0. The highest BCUT2D eigenvalue weighted by molar-refractivity contribution is 7.80. The summed E-state index contributed by atoms with van der Waals surface area (Å²) in [5.41, 5.74) is 4.89. The molecule has 32 heavy (non-hydrogen) atoms. The molecule has 0 radical (unpaired) electrons.